The molecule has 1 aromatic heterocycles. The van der Waals surface area contributed by atoms with Gasteiger partial charge >= 0.3 is 0 Å². The summed E-state index contributed by atoms with van der Waals surface area (Å²) in [6.45, 7) is 2.00. The SMILES string of the molecule is CCc1nnc(NC(=O)CSCCCC#N)s1. The molecule has 1 rings (SSSR count). The predicted molar refractivity (Wildman–Crippen MR) is 70.1 cm³/mol. The number of unbranched alkanes of at least 4 members (excludes halogenated alkanes) is 1. The fourth-order valence-corrected chi connectivity index (χ4v) is 2.47. The fourth-order valence-electron chi connectivity index (χ4n) is 1.02. The van der Waals surface area contributed by atoms with E-state index < -0.39 is 0 Å². The van der Waals surface area contributed by atoms with E-state index in [1.807, 2.05) is 6.92 Å². The first-order valence-corrected chi connectivity index (χ1v) is 7.30. The van der Waals surface area contributed by atoms with E-state index in [2.05, 4.69) is 21.6 Å². The Morgan fingerprint density at radius 1 is 1.59 bits per heavy atom. The van der Waals surface area contributed by atoms with Crippen molar-refractivity contribution in [2.45, 2.75) is 26.2 Å². The molecule has 0 bridgehead atoms. The van der Waals surface area contributed by atoms with Crippen molar-refractivity contribution in [3.05, 3.63) is 5.01 Å². The minimum atomic E-state index is -0.0641. The highest BCUT2D eigenvalue weighted by Crippen LogP contribution is 2.15. The average Bonchev–Trinajstić information content (AvgIpc) is 2.76. The molecular weight excluding hydrogens is 256 g/mol. The summed E-state index contributed by atoms with van der Waals surface area (Å²) in [5.74, 6) is 1.16. The van der Waals surface area contributed by atoms with Gasteiger partial charge in [-0.25, -0.2) is 0 Å². The van der Waals surface area contributed by atoms with Crippen LogP contribution in [0.4, 0.5) is 5.13 Å². The van der Waals surface area contributed by atoms with Crippen molar-refractivity contribution in [3.8, 4) is 6.07 Å². The van der Waals surface area contributed by atoms with Gasteiger partial charge in [-0.2, -0.15) is 17.0 Å². The van der Waals surface area contributed by atoms with E-state index in [1.54, 1.807) is 0 Å². The molecule has 0 spiro atoms. The number of rotatable bonds is 7. The molecular formula is C10H14N4OS2. The van der Waals surface area contributed by atoms with Crippen LogP contribution >= 0.6 is 23.1 Å². The zero-order valence-electron chi connectivity index (χ0n) is 9.60. The summed E-state index contributed by atoms with van der Waals surface area (Å²) in [5, 5.41) is 20.3. The second-order valence-corrected chi connectivity index (χ2v) is 5.38. The molecule has 5 nitrogen and oxygen atoms in total. The maximum Gasteiger partial charge on any atom is 0.236 e. The van der Waals surface area contributed by atoms with Crippen LogP contribution in [0.1, 0.15) is 24.8 Å². The molecule has 17 heavy (non-hydrogen) atoms. The largest absolute Gasteiger partial charge is 0.300 e. The number of anilines is 1. The van der Waals surface area contributed by atoms with Crippen LogP contribution in [-0.4, -0.2) is 27.6 Å². The predicted octanol–water partition coefficient (Wildman–Crippen LogP) is 2.08. The van der Waals surface area contributed by atoms with Crippen molar-refractivity contribution >= 4 is 34.1 Å². The van der Waals surface area contributed by atoms with Crippen LogP contribution in [0.2, 0.25) is 0 Å². The number of carbonyl (C=O) groups is 1. The summed E-state index contributed by atoms with van der Waals surface area (Å²) in [6.07, 6.45) is 2.20. The summed E-state index contributed by atoms with van der Waals surface area (Å²) in [7, 11) is 0. The Hall–Kier alpha value is -1.13. The fraction of sp³-hybridized carbons (Fsp3) is 0.600. The molecule has 0 aliphatic carbocycles. The number of amides is 1. The summed E-state index contributed by atoms with van der Waals surface area (Å²) in [6, 6.07) is 2.07. The standard InChI is InChI=1S/C10H14N4OS2/c1-2-9-13-14-10(17-9)12-8(15)7-16-6-4-3-5-11/h2-4,6-7H2,1H3,(H,12,14,15). The average molecular weight is 270 g/mol. The Labute approximate surface area is 109 Å². The van der Waals surface area contributed by atoms with E-state index in [4.69, 9.17) is 5.26 Å². The number of hydrogen-bond donors (Lipinski definition) is 1. The summed E-state index contributed by atoms with van der Waals surface area (Å²) in [5.41, 5.74) is 0. The van der Waals surface area contributed by atoms with Gasteiger partial charge in [-0.15, -0.1) is 10.2 Å². The molecule has 0 fully saturated rings. The Morgan fingerprint density at radius 3 is 3.06 bits per heavy atom. The van der Waals surface area contributed by atoms with Crippen molar-refractivity contribution in [2.24, 2.45) is 0 Å². The third-order valence-corrected chi connectivity index (χ3v) is 3.85. The van der Waals surface area contributed by atoms with Crippen LogP contribution in [-0.2, 0) is 11.2 Å². The molecule has 1 N–H and O–H groups in total. The van der Waals surface area contributed by atoms with Gasteiger partial charge in [-0.05, 0) is 18.6 Å². The third kappa shape index (κ3) is 5.65. The zero-order chi connectivity index (χ0) is 12.5. The minimum absolute atomic E-state index is 0.0641. The van der Waals surface area contributed by atoms with Crippen LogP contribution in [0.5, 0.6) is 0 Å². The first-order valence-electron chi connectivity index (χ1n) is 5.33. The maximum absolute atomic E-state index is 11.5. The van der Waals surface area contributed by atoms with Gasteiger partial charge in [-0.1, -0.05) is 18.3 Å². The molecule has 92 valence electrons. The normalized spacial score (nSPS) is 9.88. The monoisotopic (exact) mass is 270 g/mol. The third-order valence-electron chi connectivity index (χ3n) is 1.83. The second kappa shape index (κ2) is 8.03. The van der Waals surface area contributed by atoms with Gasteiger partial charge in [0.1, 0.15) is 5.01 Å². The van der Waals surface area contributed by atoms with Crippen LogP contribution in [0, 0.1) is 11.3 Å². The van der Waals surface area contributed by atoms with Gasteiger partial charge in [0.25, 0.3) is 0 Å². The van der Waals surface area contributed by atoms with Crippen LogP contribution in [0.3, 0.4) is 0 Å². The number of aromatic nitrogens is 2. The molecule has 1 heterocycles. The minimum Gasteiger partial charge on any atom is -0.300 e. The topological polar surface area (TPSA) is 78.7 Å². The van der Waals surface area contributed by atoms with Gasteiger partial charge in [0.2, 0.25) is 11.0 Å². The molecule has 0 atom stereocenters. The molecule has 0 aromatic carbocycles. The number of thioether (sulfide) groups is 1. The lowest BCUT2D eigenvalue weighted by Gasteiger charge is -2.00. The zero-order valence-corrected chi connectivity index (χ0v) is 11.2. The van der Waals surface area contributed by atoms with E-state index in [9.17, 15) is 4.79 Å². The van der Waals surface area contributed by atoms with Crippen LogP contribution < -0.4 is 5.32 Å². The highest BCUT2D eigenvalue weighted by Gasteiger charge is 2.06. The molecule has 0 radical (unpaired) electrons. The van der Waals surface area contributed by atoms with E-state index >= 15 is 0 Å². The van der Waals surface area contributed by atoms with Crippen molar-refractivity contribution in [1.82, 2.24) is 10.2 Å². The van der Waals surface area contributed by atoms with E-state index in [0.717, 1.165) is 23.6 Å². The summed E-state index contributed by atoms with van der Waals surface area (Å²) < 4.78 is 0. The Kier molecular flexibility index (Phi) is 6.58. The number of hydrogen-bond acceptors (Lipinski definition) is 6. The molecule has 0 saturated carbocycles. The van der Waals surface area contributed by atoms with Crippen molar-refractivity contribution < 1.29 is 4.79 Å². The van der Waals surface area contributed by atoms with Gasteiger partial charge in [-0.3, -0.25) is 10.1 Å². The van der Waals surface area contributed by atoms with Crippen LogP contribution in [0.25, 0.3) is 0 Å². The first-order chi connectivity index (χ1) is 8.26. The summed E-state index contributed by atoms with van der Waals surface area (Å²) in [4.78, 5) is 11.5. The molecule has 0 aliphatic heterocycles. The molecule has 0 aliphatic rings. The number of nitrogens with one attached hydrogen (secondary N) is 1. The van der Waals surface area contributed by atoms with E-state index in [1.165, 1.54) is 23.1 Å². The number of aryl methyl sites for hydroxylation is 1. The Balaban J connectivity index is 2.18. The van der Waals surface area contributed by atoms with Gasteiger partial charge in [0.05, 0.1) is 11.8 Å². The number of carbonyl (C=O) groups excluding carboxylic acids is 1. The highest BCUT2D eigenvalue weighted by atomic mass is 32.2. The molecule has 0 saturated heterocycles. The molecule has 0 unspecified atom stereocenters. The number of nitrogens with zero attached hydrogens (tertiary/aromatic N) is 3. The molecule has 7 heteroatoms. The summed E-state index contributed by atoms with van der Waals surface area (Å²) >= 11 is 2.93. The van der Waals surface area contributed by atoms with Gasteiger partial charge < -0.3 is 0 Å². The number of nitriles is 1. The Bertz CT molecular complexity index is 399. The lowest BCUT2D eigenvalue weighted by atomic mass is 10.4. The lowest BCUT2D eigenvalue weighted by Crippen LogP contribution is -2.14. The molecule has 1 aromatic rings. The second-order valence-electron chi connectivity index (χ2n) is 3.22. The van der Waals surface area contributed by atoms with Gasteiger partial charge in [0, 0.05) is 6.42 Å². The van der Waals surface area contributed by atoms with E-state index in [-0.39, 0.29) is 5.91 Å². The maximum atomic E-state index is 11.5. The van der Waals surface area contributed by atoms with Crippen molar-refractivity contribution in [3.63, 3.8) is 0 Å². The smallest absolute Gasteiger partial charge is 0.236 e. The van der Waals surface area contributed by atoms with Crippen molar-refractivity contribution in [1.29, 1.82) is 5.26 Å². The molecule has 1 amide bonds. The van der Waals surface area contributed by atoms with Crippen LogP contribution in [0.15, 0.2) is 0 Å². The Morgan fingerprint density at radius 2 is 2.41 bits per heavy atom. The lowest BCUT2D eigenvalue weighted by molar-refractivity contribution is -0.113. The van der Waals surface area contributed by atoms with E-state index in [0.29, 0.717) is 17.3 Å². The highest BCUT2D eigenvalue weighted by molar-refractivity contribution is 7.99. The van der Waals surface area contributed by atoms with Crippen molar-refractivity contribution in [2.75, 3.05) is 16.8 Å². The first kappa shape index (κ1) is 13.9. The van der Waals surface area contributed by atoms with Gasteiger partial charge in [0.15, 0.2) is 0 Å². The quantitative estimate of drug-likeness (QED) is 0.767.